The van der Waals surface area contributed by atoms with Crippen molar-refractivity contribution in [3.05, 3.63) is 29.8 Å². The van der Waals surface area contributed by atoms with Gasteiger partial charge in [0.15, 0.2) is 0 Å². The summed E-state index contributed by atoms with van der Waals surface area (Å²) in [7, 11) is 0. The Labute approximate surface area is 98.7 Å². The normalized spacial score (nSPS) is 12.7. The molecular weight excluding hydrogens is 275 g/mol. The smallest absolute Gasteiger partial charge is 0.406 e. The van der Waals surface area contributed by atoms with E-state index in [9.17, 15) is 13.2 Å². The summed E-state index contributed by atoms with van der Waals surface area (Å²) in [4.78, 5) is 0. The van der Waals surface area contributed by atoms with E-state index in [-0.39, 0.29) is 5.56 Å². The number of rotatable bonds is 1. The molecule has 1 nitrogen and oxygen atoms in total. The quantitative estimate of drug-likeness (QED) is 0.692. The minimum absolute atomic E-state index is 0.106. The first-order valence-electron chi connectivity index (χ1n) is 3.61. The third kappa shape index (κ3) is 4.36. The van der Waals surface area contributed by atoms with Crippen molar-refractivity contribution in [3.8, 4) is 5.75 Å². The number of halogens is 6. The summed E-state index contributed by atoms with van der Waals surface area (Å²) in [6.07, 6.45) is -4.76. The zero-order chi connectivity index (χ0) is 11.7. The molecule has 0 radical (unpaired) electrons. The molecule has 0 unspecified atom stereocenters. The molecule has 0 aliphatic carbocycles. The second-order valence-corrected chi connectivity index (χ2v) is 4.85. The Balaban J connectivity index is 2.94. The van der Waals surface area contributed by atoms with E-state index in [1.807, 2.05) is 0 Å². The van der Waals surface area contributed by atoms with Gasteiger partial charge in [-0.15, -0.1) is 13.2 Å². The van der Waals surface area contributed by atoms with Gasteiger partial charge in [-0.3, -0.25) is 0 Å². The molecule has 0 bridgehead atoms. The van der Waals surface area contributed by atoms with Crippen LogP contribution in [0.3, 0.4) is 0 Å². The van der Waals surface area contributed by atoms with E-state index in [0.717, 1.165) is 12.1 Å². The molecule has 0 aliphatic heterocycles. The van der Waals surface area contributed by atoms with Crippen molar-refractivity contribution >= 4 is 34.8 Å². The van der Waals surface area contributed by atoms with Crippen molar-refractivity contribution in [2.75, 3.05) is 0 Å². The largest absolute Gasteiger partial charge is 0.573 e. The molecular formula is C8H4Cl3F3O. The van der Waals surface area contributed by atoms with E-state index in [1.54, 1.807) is 0 Å². The fraction of sp³-hybridized carbons (Fsp3) is 0.250. The Hall–Kier alpha value is -0.320. The fourth-order valence-corrected chi connectivity index (χ4v) is 1.22. The zero-order valence-electron chi connectivity index (χ0n) is 6.99. The highest BCUT2D eigenvalue weighted by Crippen LogP contribution is 2.39. The molecule has 7 heteroatoms. The lowest BCUT2D eigenvalue weighted by Crippen LogP contribution is -2.17. The minimum Gasteiger partial charge on any atom is -0.406 e. The van der Waals surface area contributed by atoms with Crippen molar-refractivity contribution in [1.29, 1.82) is 0 Å². The molecule has 0 aromatic heterocycles. The first kappa shape index (κ1) is 12.7. The predicted octanol–water partition coefficient (Wildman–Crippen LogP) is 4.41. The predicted molar refractivity (Wildman–Crippen MR) is 52.4 cm³/mol. The molecule has 0 heterocycles. The summed E-state index contributed by atoms with van der Waals surface area (Å²) in [5, 5.41) is 0. The van der Waals surface area contributed by atoms with E-state index < -0.39 is 15.9 Å². The molecule has 84 valence electrons. The van der Waals surface area contributed by atoms with Crippen molar-refractivity contribution in [1.82, 2.24) is 0 Å². The highest BCUT2D eigenvalue weighted by atomic mass is 35.6. The van der Waals surface area contributed by atoms with Crippen LogP contribution in [-0.2, 0) is 3.79 Å². The van der Waals surface area contributed by atoms with Crippen LogP contribution >= 0.6 is 34.8 Å². The maximum Gasteiger partial charge on any atom is 0.573 e. The van der Waals surface area contributed by atoms with Gasteiger partial charge in [-0.25, -0.2) is 0 Å². The summed E-state index contributed by atoms with van der Waals surface area (Å²) in [5.74, 6) is -0.425. The van der Waals surface area contributed by atoms with Gasteiger partial charge < -0.3 is 4.74 Å². The monoisotopic (exact) mass is 278 g/mol. The standard InChI is InChI=1S/C8H4Cl3F3O/c9-7(10,11)5-2-1-3-6(4-5)15-8(12,13)14/h1-4H. The zero-order valence-corrected chi connectivity index (χ0v) is 9.25. The third-order valence-corrected chi connectivity index (χ3v) is 2.05. The van der Waals surface area contributed by atoms with Crippen LogP contribution in [0, 0.1) is 0 Å². The van der Waals surface area contributed by atoms with Crippen LogP contribution in [0.5, 0.6) is 5.75 Å². The first-order chi connectivity index (χ1) is 6.68. The van der Waals surface area contributed by atoms with Crippen LogP contribution in [0.25, 0.3) is 0 Å². The number of alkyl halides is 6. The van der Waals surface area contributed by atoms with Crippen LogP contribution in [0.2, 0.25) is 0 Å². The average molecular weight is 279 g/mol. The molecule has 1 aromatic carbocycles. The fourth-order valence-electron chi connectivity index (χ4n) is 0.870. The summed E-state index contributed by atoms with van der Waals surface area (Å²) in [6, 6.07) is 4.82. The molecule has 15 heavy (non-hydrogen) atoms. The molecule has 0 saturated carbocycles. The number of hydrogen-bond acceptors (Lipinski definition) is 1. The Morgan fingerprint density at radius 2 is 1.67 bits per heavy atom. The van der Waals surface area contributed by atoms with Gasteiger partial charge in [-0.1, -0.05) is 46.9 Å². The Morgan fingerprint density at radius 3 is 2.13 bits per heavy atom. The molecule has 0 atom stereocenters. The lowest BCUT2D eigenvalue weighted by molar-refractivity contribution is -0.274. The molecule has 0 fully saturated rings. The summed E-state index contributed by atoms with van der Waals surface area (Å²) in [5.41, 5.74) is 0.106. The van der Waals surface area contributed by atoms with Crippen molar-refractivity contribution in [3.63, 3.8) is 0 Å². The second kappa shape index (κ2) is 4.28. The van der Waals surface area contributed by atoms with Crippen LogP contribution in [-0.4, -0.2) is 6.36 Å². The van der Waals surface area contributed by atoms with Gasteiger partial charge in [0.2, 0.25) is 3.79 Å². The highest BCUT2D eigenvalue weighted by Gasteiger charge is 2.32. The van der Waals surface area contributed by atoms with Crippen molar-refractivity contribution in [2.24, 2.45) is 0 Å². The van der Waals surface area contributed by atoms with E-state index >= 15 is 0 Å². The lowest BCUT2D eigenvalue weighted by Gasteiger charge is -2.13. The highest BCUT2D eigenvalue weighted by molar-refractivity contribution is 6.66. The van der Waals surface area contributed by atoms with E-state index in [4.69, 9.17) is 34.8 Å². The van der Waals surface area contributed by atoms with Crippen LogP contribution in [0.15, 0.2) is 24.3 Å². The molecule has 0 N–H and O–H groups in total. The number of ether oxygens (including phenoxy) is 1. The average Bonchev–Trinajstić information content (AvgIpc) is 1.99. The van der Waals surface area contributed by atoms with Crippen molar-refractivity contribution < 1.29 is 17.9 Å². The van der Waals surface area contributed by atoms with E-state index in [0.29, 0.717) is 0 Å². The third-order valence-electron chi connectivity index (χ3n) is 1.39. The van der Waals surface area contributed by atoms with Gasteiger partial charge in [-0.05, 0) is 12.1 Å². The molecule has 0 saturated heterocycles. The maximum absolute atomic E-state index is 11.8. The van der Waals surface area contributed by atoms with Crippen LogP contribution in [0.1, 0.15) is 5.56 Å². The number of benzene rings is 1. The molecule has 0 aliphatic rings. The Kier molecular flexibility index (Phi) is 3.63. The van der Waals surface area contributed by atoms with Gasteiger partial charge in [-0.2, -0.15) is 0 Å². The Bertz CT molecular complexity index is 346. The summed E-state index contributed by atoms with van der Waals surface area (Å²) in [6.45, 7) is 0. The summed E-state index contributed by atoms with van der Waals surface area (Å²) < 4.78 is 37.4. The number of hydrogen-bond donors (Lipinski definition) is 0. The SMILES string of the molecule is FC(F)(F)Oc1cccc(C(Cl)(Cl)Cl)c1. The first-order valence-corrected chi connectivity index (χ1v) is 4.75. The van der Waals surface area contributed by atoms with Crippen LogP contribution in [0.4, 0.5) is 13.2 Å². The Morgan fingerprint density at radius 1 is 1.07 bits per heavy atom. The van der Waals surface area contributed by atoms with Gasteiger partial charge in [0.05, 0.1) is 0 Å². The lowest BCUT2D eigenvalue weighted by atomic mass is 10.2. The van der Waals surface area contributed by atoms with Gasteiger partial charge in [0.25, 0.3) is 0 Å². The summed E-state index contributed by atoms with van der Waals surface area (Å²) >= 11 is 16.5. The molecule has 0 amide bonds. The molecule has 1 rings (SSSR count). The van der Waals surface area contributed by atoms with E-state index in [1.165, 1.54) is 12.1 Å². The topological polar surface area (TPSA) is 9.23 Å². The minimum atomic E-state index is -4.76. The van der Waals surface area contributed by atoms with Crippen molar-refractivity contribution in [2.45, 2.75) is 10.2 Å². The van der Waals surface area contributed by atoms with Crippen LogP contribution < -0.4 is 4.74 Å². The molecule has 1 aromatic rings. The van der Waals surface area contributed by atoms with Gasteiger partial charge >= 0.3 is 6.36 Å². The maximum atomic E-state index is 11.8. The molecule has 0 spiro atoms. The van der Waals surface area contributed by atoms with Gasteiger partial charge in [0, 0.05) is 5.56 Å². The van der Waals surface area contributed by atoms with E-state index in [2.05, 4.69) is 4.74 Å². The second-order valence-electron chi connectivity index (χ2n) is 2.57. The van der Waals surface area contributed by atoms with Gasteiger partial charge in [0.1, 0.15) is 5.75 Å².